The van der Waals surface area contributed by atoms with Gasteiger partial charge in [0.1, 0.15) is 0 Å². The molecule has 1 aliphatic heterocycles. The summed E-state index contributed by atoms with van der Waals surface area (Å²) in [6.45, 7) is 6.58. The molecule has 0 saturated carbocycles. The Hall–Kier alpha value is -2.94. The minimum absolute atomic E-state index is 0.0112. The zero-order valence-electron chi connectivity index (χ0n) is 16.2. The summed E-state index contributed by atoms with van der Waals surface area (Å²) in [4.78, 5) is 16.4. The number of aliphatic imine (C=N–C) groups is 1. The van der Waals surface area contributed by atoms with Gasteiger partial charge in [0.05, 0.1) is 5.52 Å². The van der Waals surface area contributed by atoms with E-state index in [2.05, 4.69) is 68.2 Å². The highest BCUT2D eigenvalue weighted by molar-refractivity contribution is 5.81. The van der Waals surface area contributed by atoms with Crippen molar-refractivity contribution in [1.82, 2.24) is 4.57 Å². The molecule has 0 aliphatic carbocycles. The van der Waals surface area contributed by atoms with E-state index >= 15 is 0 Å². The topological polar surface area (TPSA) is 34.4 Å². The summed E-state index contributed by atoms with van der Waals surface area (Å²) in [6.07, 6.45) is 4.02. The number of hydrogen-bond donors (Lipinski definition) is 0. The molecule has 3 heteroatoms. The third-order valence-corrected chi connectivity index (χ3v) is 5.92. The van der Waals surface area contributed by atoms with Gasteiger partial charge in [0.15, 0.2) is 0 Å². The van der Waals surface area contributed by atoms with Crippen molar-refractivity contribution in [2.45, 2.75) is 26.2 Å². The number of pyridine rings is 1. The Labute approximate surface area is 159 Å². The predicted octanol–water partition coefficient (Wildman–Crippen LogP) is 4.76. The molecular weight excluding hydrogens is 332 g/mol. The largest absolute Gasteiger partial charge is 0.311 e. The highest BCUT2D eigenvalue weighted by Gasteiger charge is 2.36. The first-order chi connectivity index (χ1) is 12.9. The predicted molar refractivity (Wildman–Crippen MR) is 113 cm³/mol. The number of hydrogen-bond acceptors (Lipinski definition) is 2. The molecule has 0 saturated heterocycles. The van der Waals surface area contributed by atoms with Crippen molar-refractivity contribution < 1.29 is 0 Å². The number of nitrogens with zero attached hydrogens (tertiary/aromatic N) is 2. The fourth-order valence-electron chi connectivity index (χ4n) is 4.12. The van der Waals surface area contributed by atoms with Gasteiger partial charge in [-0.3, -0.25) is 9.79 Å². The third-order valence-electron chi connectivity index (χ3n) is 5.92. The Bertz CT molecular complexity index is 1140. The zero-order chi connectivity index (χ0) is 19.2. The van der Waals surface area contributed by atoms with Crippen LogP contribution in [0.1, 0.15) is 30.5 Å². The maximum absolute atomic E-state index is 12.0. The van der Waals surface area contributed by atoms with E-state index < -0.39 is 0 Å². The second-order valence-electron chi connectivity index (χ2n) is 7.67. The molecule has 3 nitrogen and oxygen atoms in total. The Morgan fingerprint density at radius 1 is 1.00 bits per heavy atom. The van der Waals surface area contributed by atoms with Crippen LogP contribution in [0.2, 0.25) is 0 Å². The first kappa shape index (κ1) is 17.5. The van der Waals surface area contributed by atoms with Gasteiger partial charge >= 0.3 is 0 Å². The molecule has 2 aromatic carbocycles. The van der Waals surface area contributed by atoms with Gasteiger partial charge in [-0.2, -0.15) is 0 Å². The molecule has 0 fully saturated rings. The van der Waals surface area contributed by atoms with E-state index in [-0.39, 0.29) is 16.9 Å². The third kappa shape index (κ3) is 2.74. The number of benzene rings is 2. The van der Waals surface area contributed by atoms with Gasteiger partial charge < -0.3 is 4.57 Å². The second-order valence-corrected chi connectivity index (χ2v) is 7.67. The van der Waals surface area contributed by atoms with E-state index in [1.54, 1.807) is 10.6 Å². The monoisotopic (exact) mass is 356 g/mol. The van der Waals surface area contributed by atoms with Gasteiger partial charge in [-0.25, -0.2) is 0 Å². The van der Waals surface area contributed by atoms with E-state index in [1.807, 2.05) is 25.5 Å². The first-order valence-electron chi connectivity index (χ1n) is 9.32. The van der Waals surface area contributed by atoms with Gasteiger partial charge in [0.25, 0.3) is 5.56 Å². The smallest absolute Gasteiger partial charge is 0.250 e. The second kappa shape index (κ2) is 6.34. The Kier molecular flexibility index (Phi) is 4.11. The molecule has 1 aliphatic rings. The lowest BCUT2D eigenvalue weighted by Crippen LogP contribution is -2.29. The summed E-state index contributed by atoms with van der Waals surface area (Å²) < 4.78 is 1.70. The van der Waals surface area contributed by atoms with Crippen molar-refractivity contribution >= 4 is 17.1 Å². The number of fused-ring (bicyclic) bond motifs is 1. The molecule has 0 bridgehead atoms. The molecule has 0 spiro atoms. The highest BCUT2D eigenvalue weighted by atomic mass is 16.1. The van der Waals surface area contributed by atoms with E-state index in [4.69, 9.17) is 0 Å². The molecule has 136 valence electrons. The molecule has 2 heterocycles. The van der Waals surface area contributed by atoms with Crippen LogP contribution in [0, 0.1) is 12.8 Å². The molecule has 2 unspecified atom stereocenters. The lowest BCUT2D eigenvalue weighted by Gasteiger charge is -2.35. The quantitative estimate of drug-likeness (QED) is 0.666. The Morgan fingerprint density at radius 2 is 1.70 bits per heavy atom. The van der Waals surface area contributed by atoms with E-state index in [9.17, 15) is 4.79 Å². The molecule has 0 N–H and O–H groups in total. The van der Waals surface area contributed by atoms with Crippen LogP contribution in [0.4, 0.5) is 0 Å². The van der Waals surface area contributed by atoms with Crippen molar-refractivity contribution in [1.29, 1.82) is 0 Å². The Balaban J connectivity index is 1.96. The fourth-order valence-corrected chi connectivity index (χ4v) is 4.12. The number of allylic oxidation sites excluding steroid dienone is 1. The fraction of sp³-hybridized carbons (Fsp3) is 0.250. The summed E-state index contributed by atoms with van der Waals surface area (Å²) in [6, 6.07) is 18.7. The van der Waals surface area contributed by atoms with Gasteiger partial charge in [0.2, 0.25) is 0 Å². The van der Waals surface area contributed by atoms with E-state index in [1.165, 1.54) is 22.3 Å². The van der Waals surface area contributed by atoms with E-state index in [0.717, 1.165) is 10.9 Å². The normalized spacial score (nSPS) is 18.5. The summed E-state index contributed by atoms with van der Waals surface area (Å²) in [7, 11) is 1.82. The summed E-state index contributed by atoms with van der Waals surface area (Å²) >= 11 is 0. The van der Waals surface area contributed by atoms with Crippen molar-refractivity contribution in [3.63, 3.8) is 0 Å². The molecular formula is C24H24N2O. The van der Waals surface area contributed by atoms with Crippen LogP contribution in [0.15, 0.2) is 76.2 Å². The van der Waals surface area contributed by atoms with Crippen molar-refractivity contribution in [3.8, 4) is 0 Å². The Morgan fingerprint density at radius 3 is 2.37 bits per heavy atom. The maximum atomic E-state index is 12.0. The molecule has 4 rings (SSSR count). The standard InChI is InChI=1S/C24H24N2O/c1-16-5-8-19(9-6-16)24(3,21-15-25-14-17(21)2)20-10-11-22-18(13-20)7-12-23(27)26(22)4/h5-15,17H,1-4H3. The molecule has 3 aromatic rings. The number of rotatable bonds is 3. The summed E-state index contributed by atoms with van der Waals surface area (Å²) in [5.74, 6) is 0.284. The lowest BCUT2D eigenvalue weighted by atomic mass is 9.67. The maximum Gasteiger partial charge on any atom is 0.250 e. The van der Waals surface area contributed by atoms with Crippen LogP contribution < -0.4 is 5.56 Å². The SMILES string of the molecule is Cc1ccc(C(C)(C2=CN=CC2C)c2ccc3c(ccc(=O)n3C)c2)cc1. The number of aromatic nitrogens is 1. The summed E-state index contributed by atoms with van der Waals surface area (Å²) in [5, 5.41) is 1.07. The number of aryl methyl sites for hydroxylation is 2. The first-order valence-corrected chi connectivity index (χ1v) is 9.32. The van der Waals surface area contributed by atoms with Gasteiger partial charge in [-0.15, -0.1) is 0 Å². The highest BCUT2D eigenvalue weighted by Crippen LogP contribution is 2.44. The van der Waals surface area contributed by atoms with Gasteiger partial charge in [-0.05, 0) is 54.1 Å². The average molecular weight is 356 g/mol. The minimum atomic E-state index is -0.285. The lowest BCUT2D eigenvalue weighted by molar-refractivity contribution is 0.623. The average Bonchev–Trinajstić information content (AvgIpc) is 3.11. The van der Waals surface area contributed by atoms with Crippen molar-refractivity contribution in [2.24, 2.45) is 18.0 Å². The molecule has 0 radical (unpaired) electrons. The molecule has 0 amide bonds. The zero-order valence-corrected chi connectivity index (χ0v) is 16.2. The van der Waals surface area contributed by atoms with Gasteiger partial charge in [-0.1, -0.05) is 42.8 Å². The minimum Gasteiger partial charge on any atom is -0.311 e. The molecule has 2 atom stereocenters. The van der Waals surface area contributed by atoms with Crippen LogP contribution in [-0.2, 0) is 12.5 Å². The van der Waals surface area contributed by atoms with Crippen molar-refractivity contribution in [3.05, 3.63) is 93.4 Å². The molecule has 1 aromatic heterocycles. The van der Waals surface area contributed by atoms with Crippen LogP contribution in [0.25, 0.3) is 10.9 Å². The van der Waals surface area contributed by atoms with Crippen LogP contribution >= 0.6 is 0 Å². The van der Waals surface area contributed by atoms with Crippen molar-refractivity contribution in [2.75, 3.05) is 0 Å². The summed E-state index contributed by atoms with van der Waals surface area (Å²) in [5.41, 5.74) is 5.67. The van der Waals surface area contributed by atoms with Gasteiger partial charge in [0, 0.05) is 36.9 Å². The van der Waals surface area contributed by atoms with E-state index in [0.29, 0.717) is 0 Å². The molecule has 27 heavy (non-hydrogen) atoms. The van der Waals surface area contributed by atoms with Crippen LogP contribution in [-0.4, -0.2) is 10.8 Å². The van der Waals surface area contributed by atoms with Crippen LogP contribution in [0.5, 0.6) is 0 Å². The van der Waals surface area contributed by atoms with Crippen LogP contribution in [0.3, 0.4) is 0 Å².